The van der Waals surface area contributed by atoms with Gasteiger partial charge in [-0.05, 0) is 42.4 Å². The van der Waals surface area contributed by atoms with Gasteiger partial charge in [-0.25, -0.2) is 9.18 Å². The summed E-state index contributed by atoms with van der Waals surface area (Å²) in [6, 6.07) is 6.37. The number of urea groups is 1. The second-order valence-electron chi connectivity index (χ2n) is 9.14. The largest absolute Gasteiger partial charge is 0.336 e. The zero-order valence-corrected chi connectivity index (χ0v) is 16.8. The number of carbonyl (C=O) groups is 1. The molecule has 2 amide bonds. The van der Waals surface area contributed by atoms with Crippen molar-refractivity contribution in [1.29, 1.82) is 0 Å². The number of azo groups is 1. The van der Waals surface area contributed by atoms with Crippen LogP contribution in [-0.2, 0) is 0 Å². The van der Waals surface area contributed by atoms with Crippen molar-refractivity contribution in [3.63, 3.8) is 0 Å². The Kier molecular flexibility index (Phi) is 4.06. The second-order valence-corrected chi connectivity index (χ2v) is 9.14. The Balaban J connectivity index is 1.60. The van der Waals surface area contributed by atoms with Gasteiger partial charge in [-0.3, -0.25) is 0 Å². The van der Waals surface area contributed by atoms with Gasteiger partial charge in [-0.1, -0.05) is 37.8 Å². The lowest BCUT2D eigenvalue weighted by Crippen LogP contribution is -2.52. The normalized spacial score (nSPS) is 35.8. The van der Waals surface area contributed by atoms with E-state index in [0.29, 0.717) is 36.8 Å². The molecule has 5 nitrogen and oxygen atoms in total. The molecule has 0 aromatic heterocycles. The molecule has 4 atom stereocenters. The highest BCUT2D eigenvalue weighted by molar-refractivity contribution is 5.76. The number of nitrogens with one attached hydrogen (secondary N) is 1. The molecular formula is C23H25FN4O. The molecule has 150 valence electrons. The zero-order chi connectivity index (χ0) is 20.2. The van der Waals surface area contributed by atoms with Crippen molar-refractivity contribution >= 4 is 11.7 Å². The van der Waals surface area contributed by atoms with E-state index in [9.17, 15) is 9.18 Å². The Morgan fingerprint density at radius 3 is 2.90 bits per heavy atom. The lowest BCUT2D eigenvalue weighted by atomic mass is 9.60. The van der Waals surface area contributed by atoms with Crippen molar-refractivity contribution < 1.29 is 9.18 Å². The summed E-state index contributed by atoms with van der Waals surface area (Å²) >= 11 is 0. The minimum absolute atomic E-state index is 0.00173. The summed E-state index contributed by atoms with van der Waals surface area (Å²) < 4.78 is 14.5. The van der Waals surface area contributed by atoms with Crippen LogP contribution in [0.1, 0.15) is 32.3 Å². The minimum Gasteiger partial charge on any atom is -0.336 e. The van der Waals surface area contributed by atoms with Gasteiger partial charge < -0.3 is 10.2 Å². The highest BCUT2D eigenvalue weighted by Gasteiger charge is 2.62. The molecule has 3 unspecified atom stereocenters. The van der Waals surface area contributed by atoms with E-state index < -0.39 is 0 Å². The first-order valence-corrected chi connectivity index (χ1v) is 10.3. The molecular weight excluding hydrogens is 367 g/mol. The van der Waals surface area contributed by atoms with Crippen LogP contribution in [0.4, 0.5) is 9.18 Å². The standard InChI is InChI=1S/C23H25FN4O/c1-22(2)17-9-10-23(22,14-28-12-11-25-21(28)29)20-8-7-15(17)13-19(26-27-20)16-5-3-4-6-18(16)24/h3-6,13,15,17,20H,9-12,14H2,1-2H3,(H,25,29)/b19-13-,27-26?/t15?,17-,20?,23?/m1/s1. The lowest BCUT2D eigenvalue weighted by molar-refractivity contribution is 0.0311. The maximum absolute atomic E-state index is 14.5. The number of nitrogens with zero attached hydrogens (tertiary/aromatic N) is 3. The van der Waals surface area contributed by atoms with Crippen molar-refractivity contribution in [1.82, 2.24) is 10.2 Å². The first kappa shape index (κ1) is 18.4. The molecule has 1 aromatic carbocycles. The van der Waals surface area contributed by atoms with E-state index in [1.54, 1.807) is 12.1 Å². The maximum atomic E-state index is 14.5. The SMILES string of the molecule is CC1(C)[C@@H]2CCC1(CN1CCNC1=O)C1C#CC2/C=C(/c2ccccc2F)N=N1. The third kappa shape index (κ3) is 2.63. The third-order valence-electron chi connectivity index (χ3n) is 7.64. The van der Waals surface area contributed by atoms with Crippen molar-refractivity contribution in [2.45, 2.75) is 32.7 Å². The third-order valence-corrected chi connectivity index (χ3v) is 7.64. The van der Waals surface area contributed by atoms with E-state index >= 15 is 0 Å². The van der Waals surface area contributed by atoms with Gasteiger partial charge >= 0.3 is 6.03 Å². The first-order valence-electron chi connectivity index (χ1n) is 10.3. The van der Waals surface area contributed by atoms with Gasteiger partial charge in [-0.15, -0.1) is 0 Å². The molecule has 6 heteroatoms. The molecule has 0 radical (unpaired) electrons. The first-order chi connectivity index (χ1) is 13.9. The molecule has 2 fully saturated rings. The van der Waals surface area contributed by atoms with Gasteiger partial charge in [-0.2, -0.15) is 10.2 Å². The number of carbonyl (C=O) groups excluding carboxylic acids is 1. The summed E-state index contributed by atoms with van der Waals surface area (Å²) in [5, 5.41) is 12.1. The highest BCUT2D eigenvalue weighted by Crippen LogP contribution is 2.62. The van der Waals surface area contributed by atoms with Crippen LogP contribution in [-0.4, -0.2) is 36.6 Å². The number of amides is 2. The molecule has 4 aliphatic rings. The van der Waals surface area contributed by atoms with Gasteiger partial charge in [0, 0.05) is 36.5 Å². The number of rotatable bonds is 3. The van der Waals surface area contributed by atoms with Crippen LogP contribution in [0.2, 0.25) is 0 Å². The molecule has 1 saturated carbocycles. The Bertz CT molecular complexity index is 988. The quantitative estimate of drug-likeness (QED) is 0.774. The smallest absolute Gasteiger partial charge is 0.317 e. The Labute approximate surface area is 170 Å². The molecule has 29 heavy (non-hydrogen) atoms. The Morgan fingerprint density at radius 2 is 2.14 bits per heavy atom. The Hall–Kier alpha value is -2.68. The number of fused-ring (bicyclic) bond motifs is 6. The monoisotopic (exact) mass is 392 g/mol. The summed E-state index contributed by atoms with van der Waals surface area (Å²) in [6.07, 6.45) is 3.99. The summed E-state index contributed by atoms with van der Waals surface area (Å²) in [7, 11) is 0. The number of hydrogen-bond acceptors (Lipinski definition) is 3. The van der Waals surface area contributed by atoms with Crippen molar-refractivity contribution in [3.05, 3.63) is 41.7 Å². The molecule has 1 aromatic rings. The van der Waals surface area contributed by atoms with Crippen LogP contribution < -0.4 is 5.32 Å². The molecule has 4 bridgehead atoms. The van der Waals surface area contributed by atoms with Crippen LogP contribution >= 0.6 is 0 Å². The van der Waals surface area contributed by atoms with Crippen molar-refractivity contribution in [3.8, 4) is 11.8 Å². The summed E-state index contributed by atoms with van der Waals surface area (Å²) in [6.45, 7) is 6.58. The van der Waals surface area contributed by atoms with Crippen LogP contribution in [0.3, 0.4) is 0 Å². The predicted molar refractivity (Wildman–Crippen MR) is 108 cm³/mol. The molecule has 2 aliphatic carbocycles. The summed E-state index contributed by atoms with van der Waals surface area (Å²) in [4.78, 5) is 14.2. The van der Waals surface area contributed by atoms with E-state index in [4.69, 9.17) is 0 Å². The summed E-state index contributed by atoms with van der Waals surface area (Å²) in [5.41, 5.74) is 0.669. The van der Waals surface area contributed by atoms with Crippen molar-refractivity contribution in [2.24, 2.45) is 32.9 Å². The molecule has 5 rings (SSSR count). The zero-order valence-electron chi connectivity index (χ0n) is 16.8. The molecule has 1 saturated heterocycles. The lowest BCUT2D eigenvalue weighted by Gasteiger charge is -2.47. The van der Waals surface area contributed by atoms with E-state index in [1.165, 1.54) is 6.07 Å². The van der Waals surface area contributed by atoms with Gasteiger partial charge in [0.2, 0.25) is 0 Å². The van der Waals surface area contributed by atoms with Gasteiger partial charge in [0.1, 0.15) is 11.9 Å². The van der Waals surface area contributed by atoms with Crippen LogP contribution in [0.15, 0.2) is 40.6 Å². The number of allylic oxidation sites excluding steroid dienone is 1. The van der Waals surface area contributed by atoms with Gasteiger partial charge in [0.15, 0.2) is 0 Å². The molecule has 1 N–H and O–H groups in total. The number of halogens is 1. The fraction of sp³-hybridized carbons (Fsp3) is 0.522. The predicted octanol–water partition coefficient (Wildman–Crippen LogP) is 4.08. The number of hydrogen-bond donors (Lipinski definition) is 1. The molecule has 2 aliphatic heterocycles. The van der Waals surface area contributed by atoms with Gasteiger partial charge in [0.05, 0.1) is 5.70 Å². The highest BCUT2D eigenvalue weighted by atomic mass is 19.1. The molecule has 2 heterocycles. The van der Waals surface area contributed by atoms with E-state index in [0.717, 1.165) is 12.8 Å². The Morgan fingerprint density at radius 1 is 1.31 bits per heavy atom. The van der Waals surface area contributed by atoms with E-state index in [1.807, 2.05) is 17.0 Å². The average Bonchev–Trinajstić information content (AvgIpc) is 3.16. The maximum Gasteiger partial charge on any atom is 0.317 e. The second kappa shape index (κ2) is 6.41. The van der Waals surface area contributed by atoms with Gasteiger partial charge in [0.25, 0.3) is 0 Å². The van der Waals surface area contributed by atoms with Crippen LogP contribution in [0.5, 0.6) is 0 Å². The average molecular weight is 392 g/mol. The number of benzene rings is 1. The van der Waals surface area contributed by atoms with Crippen molar-refractivity contribution in [2.75, 3.05) is 19.6 Å². The van der Waals surface area contributed by atoms with E-state index in [-0.39, 0.29) is 34.6 Å². The molecule has 0 spiro atoms. The fourth-order valence-corrected chi connectivity index (χ4v) is 5.80. The topological polar surface area (TPSA) is 57.1 Å². The summed E-state index contributed by atoms with van der Waals surface area (Å²) in [5.74, 6) is 6.83. The van der Waals surface area contributed by atoms with Crippen LogP contribution in [0.25, 0.3) is 5.70 Å². The van der Waals surface area contributed by atoms with Crippen LogP contribution in [0, 0.1) is 40.3 Å². The fourth-order valence-electron chi connectivity index (χ4n) is 5.80. The van der Waals surface area contributed by atoms with E-state index in [2.05, 4.69) is 41.2 Å². The minimum atomic E-state index is -0.309.